The van der Waals surface area contributed by atoms with Crippen LogP contribution in [0.15, 0.2) is 41.3 Å². The molecule has 0 aliphatic carbocycles. The van der Waals surface area contributed by atoms with E-state index in [4.69, 9.17) is 9.26 Å². The van der Waals surface area contributed by atoms with Crippen LogP contribution in [0.2, 0.25) is 0 Å². The zero-order valence-electron chi connectivity index (χ0n) is 15.4. The van der Waals surface area contributed by atoms with E-state index in [9.17, 15) is 4.79 Å². The van der Waals surface area contributed by atoms with Crippen molar-refractivity contribution >= 4 is 6.03 Å². The summed E-state index contributed by atoms with van der Waals surface area (Å²) in [4.78, 5) is 22.3. The summed E-state index contributed by atoms with van der Waals surface area (Å²) in [5.74, 6) is 0.789. The van der Waals surface area contributed by atoms with Crippen molar-refractivity contribution in [3.63, 3.8) is 0 Å². The van der Waals surface area contributed by atoms with Crippen LogP contribution in [0.4, 0.5) is 4.79 Å². The smallest absolute Gasteiger partial charge is 0.318 e. The molecule has 0 saturated heterocycles. The van der Waals surface area contributed by atoms with E-state index in [2.05, 4.69) is 25.5 Å². The molecule has 2 amide bonds. The van der Waals surface area contributed by atoms with Crippen LogP contribution >= 0.6 is 0 Å². The third-order valence-corrected chi connectivity index (χ3v) is 3.97. The molecular formula is C17H21N7O3. The average molecular weight is 371 g/mol. The van der Waals surface area contributed by atoms with Crippen LogP contribution in [0.5, 0.6) is 0 Å². The normalized spacial score (nSPS) is 12.0. The Kier molecular flexibility index (Phi) is 5.77. The molecule has 10 heteroatoms. The van der Waals surface area contributed by atoms with Gasteiger partial charge in [0.15, 0.2) is 0 Å². The second kappa shape index (κ2) is 8.41. The first kappa shape index (κ1) is 18.5. The lowest BCUT2D eigenvalue weighted by atomic mass is 10.2. The number of urea groups is 1. The summed E-state index contributed by atoms with van der Waals surface area (Å²) in [5, 5.41) is 11.0. The molecule has 142 valence electrons. The van der Waals surface area contributed by atoms with Crippen LogP contribution in [0.1, 0.15) is 17.6 Å². The lowest BCUT2D eigenvalue weighted by Crippen LogP contribution is -2.41. The number of ether oxygens (including phenoxy) is 1. The van der Waals surface area contributed by atoms with Crippen LogP contribution in [0.3, 0.4) is 0 Å². The molecule has 0 aromatic carbocycles. The van der Waals surface area contributed by atoms with Crippen LogP contribution in [0, 0.1) is 0 Å². The number of hydrogen-bond donors (Lipinski definition) is 1. The summed E-state index contributed by atoms with van der Waals surface area (Å²) in [6, 6.07) is 4.79. The molecule has 3 rings (SSSR count). The van der Waals surface area contributed by atoms with Gasteiger partial charge in [-0.2, -0.15) is 10.1 Å². The van der Waals surface area contributed by atoms with Gasteiger partial charge >= 0.3 is 6.03 Å². The number of carbonyl (C=O) groups excluding carboxylic acids is 1. The molecular weight excluding hydrogens is 350 g/mol. The molecule has 0 aliphatic heterocycles. The highest BCUT2D eigenvalue weighted by Gasteiger charge is 2.21. The molecule has 3 aromatic rings. The van der Waals surface area contributed by atoms with E-state index in [0.717, 1.165) is 11.3 Å². The minimum Gasteiger partial charge on any atom is -0.382 e. The maximum absolute atomic E-state index is 12.5. The second-order valence-corrected chi connectivity index (χ2v) is 5.94. The fourth-order valence-electron chi connectivity index (χ4n) is 2.56. The van der Waals surface area contributed by atoms with E-state index in [1.807, 2.05) is 13.1 Å². The zero-order valence-corrected chi connectivity index (χ0v) is 15.4. The summed E-state index contributed by atoms with van der Waals surface area (Å²) >= 11 is 0. The quantitative estimate of drug-likeness (QED) is 0.668. The summed E-state index contributed by atoms with van der Waals surface area (Å²) in [6.07, 6.45) is 4.98. The van der Waals surface area contributed by atoms with Crippen LogP contribution in [-0.4, -0.2) is 56.6 Å². The van der Waals surface area contributed by atoms with E-state index in [0.29, 0.717) is 18.3 Å². The molecule has 1 atom stereocenters. The highest BCUT2D eigenvalue weighted by Crippen LogP contribution is 2.15. The number of aryl methyl sites for hydroxylation is 1. The molecule has 0 radical (unpaired) electrons. The number of amides is 2. The molecule has 1 unspecified atom stereocenters. The van der Waals surface area contributed by atoms with E-state index >= 15 is 0 Å². The Balaban J connectivity index is 1.63. The molecule has 1 N–H and O–H groups in total. The molecule has 3 heterocycles. The lowest BCUT2D eigenvalue weighted by molar-refractivity contribution is 0.153. The van der Waals surface area contributed by atoms with E-state index in [-0.39, 0.29) is 18.6 Å². The number of pyridine rings is 1. The SMILES string of the molecule is COCC(NC(=O)N(C)Cc1nc(-c2ccncc2)no1)c1ccnn1C. The molecule has 0 bridgehead atoms. The highest BCUT2D eigenvalue weighted by molar-refractivity contribution is 5.74. The first-order chi connectivity index (χ1) is 13.1. The Hall–Kier alpha value is -3.27. The minimum absolute atomic E-state index is 0.176. The molecule has 10 nitrogen and oxygen atoms in total. The molecule has 27 heavy (non-hydrogen) atoms. The summed E-state index contributed by atoms with van der Waals surface area (Å²) in [7, 11) is 5.05. The van der Waals surface area contributed by atoms with Crippen molar-refractivity contribution in [2.45, 2.75) is 12.6 Å². The van der Waals surface area contributed by atoms with Crippen molar-refractivity contribution in [1.82, 2.24) is 35.1 Å². The third kappa shape index (κ3) is 4.47. The highest BCUT2D eigenvalue weighted by atomic mass is 16.5. The van der Waals surface area contributed by atoms with E-state index < -0.39 is 0 Å². The number of nitrogens with zero attached hydrogens (tertiary/aromatic N) is 6. The van der Waals surface area contributed by atoms with Crippen LogP contribution < -0.4 is 5.32 Å². The second-order valence-electron chi connectivity index (χ2n) is 5.94. The van der Waals surface area contributed by atoms with Gasteiger partial charge in [0.2, 0.25) is 11.7 Å². The van der Waals surface area contributed by atoms with Gasteiger partial charge in [-0.05, 0) is 18.2 Å². The standard InChI is InChI=1S/C17H21N7O3/c1-23(10-15-21-16(22-27-15)12-4-7-18-8-5-12)17(25)20-13(11-26-3)14-6-9-19-24(14)2/h4-9,13H,10-11H2,1-3H3,(H,20,25). The number of hydrogen-bond acceptors (Lipinski definition) is 7. The van der Waals surface area contributed by atoms with E-state index in [1.165, 1.54) is 4.90 Å². The molecule has 3 aromatic heterocycles. The zero-order chi connectivity index (χ0) is 19.2. The van der Waals surface area contributed by atoms with Gasteiger partial charge in [0, 0.05) is 45.4 Å². The topological polar surface area (TPSA) is 111 Å². The van der Waals surface area contributed by atoms with Crippen LogP contribution in [-0.2, 0) is 18.3 Å². The molecule has 0 fully saturated rings. The van der Waals surface area contributed by atoms with Crippen molar-refractivity contribution in [2.75, 3.05) is 20.8 Å². The predicted molar refractivity (Wildman–Crippen MR) is 95.4 cm³/mol. The number of aromatic nitrogens is 5. The van der Waals surface area contributed by atoms with Crippen molar-refractivity contribution in [2.24, 2.45) is 7.05 Å². The molecule has 0 saturated carbocycles. The third-order valence-electron chi connectivity index (χ3n) is 3.97. The Morgan fingerprint density at radius 1 is 1.33 bits per heavy atom. The molecule has 0 spiro atoms. The Morgan fingerprint density at radius 2 is 2.11 bits per heavy atom. The first-order valence-electron chi connectivity index (χ1n) is 8.30. The van der Waals surface area contributed by atoms with Gasteiger partial charge in [0.25, 0.3) is 0 Å². The van der Waals surface area contributed by atoms with Crippen molar-refractivity contribution in [3.05, 3.63) is 48.4 Å². The van der Waals surface area contributed by atoms with Gasteiger partial charge in [-0.15, -0.1) is 0 Å². The summed E-state index contributed by atoms with van der Waals surface area (Å²) < 4.78 is 12.2. The maximum Gasteiger partial charge on any atom is 0.318 e. The monoisotopic (exact) mass is 371 g/mol. The van der Waals surface area contributed by atoms with E-state index in [1.54, 1.807) is 49.6 Å². The van der Waals surface area contributed by atoms with Crippen LogP contribution in [0.25, 0.3) is 11.4 Å². The van der Waals surface area contributed by atoms with Gasteiger partial charge in [-0.1, -0.05) is 5.16 Å². The van der Waals surface area contributed by atoms with Gasteiger partial charge in [0.1, 0.15) is 6.54 Å². The predicted octanol–water partition coefficient (Wildman–Crippen LogP) is 1.39. The average Bonchev–Trinajstić information content (AvgIpc) is 3.31. The van der Waals surface area contributed by atoms with Gasteiger partial charge in [-0.3, -0.25) is 9.67 Å². The molecule has 0 aliphatic rings. The number of methoxy groups -OCH3 is 1. The number of rotatable bonds is 7. The number of carbonyl (C=O) groups is 1. The Bertz CT molecular complexity index is 878. The van der Waals surface area contributed by atoms with Gasteiger partial charge in [-0.25, -0.2) is 4.79 Å². The summed E-state index contributed by atoms with van der Waals surface area (Å²) in [5.41, 5.74) is 1.64. The largest absolute Gasteiger partial charge is 0.382 e. The first-order valence-corrected chi connectivity index (χ1v) is 8.30. The van der Waals surface area contributed by atoms with Crippen molar-refractivity contribution in [3.8, 4) is 11.4 Å². The van der Waals surface area contributed by atoms with Crippen molar-refractivity contribution in [1.29, 1.82) is 0 Å². The summed E-state index contributed by atoms with van der Waals surface area (Å²) in [6.45, 7) is 0.501. The maximum atomic E-state index is 12.5. The Labute approximate surface area is 156 Å². The number of nitrogens with one attached hydrogen (secondary N) is 1. The minimum atomic E-state index is -0.326. The lowest BCUT2D eigenvalue weighted by Gasteiger charge is -2.22. The fraction of sp³-hybridized carbons (Fsp3) is 0.353. The van der Waals surface area contributed by atoms with Gasteiger partial charge < -0.3 is 19.5 Å². The Morgan fingerprint density at radius 3 is 2.78 bits per heavy atom. The van der Waals surface area contributed by atoms with Crippen molar-refractivity contribution < 1.29 is 14.1 Å². The fourth-order valence-corrected chi connectivity index (χ4v) is 2.56. The van der Waals surface area contributed by atoms with Gasteiger partial charge in [0.05, 0.1) is 18.3 Å².